The van der Waals surface area contributed by atoms with Gasteiger partial charge in [0.15, 0.2) is 11.5 Å². The van der Waals surface area contributed by atoms with Crippen molar-refractivity contribution in [2.75, 3.05) is 33.1 Å². The highest BCUT2D eigenvalue weighted by Crippen LogP contribution is 2.27. The van der Waals surface area contributed by atoms with Gasteiger partial charge in [0.25, 0.3) is 0 Å². The van der Waals surface area contributed by atoms with E-state index in [9.17, 15) is 9.59 Å². The number of benzene rings is 2. The average molecular weight is 370 g/mol. The molecule has 6 heteroatoms. The predicted molar refractivity (Wildman–Crippen MR) is 105 cm³/mol. The topological polar surface area (TPSA) is 67.9 Å². The maximum Gasteiger partial charge on any atom is 0.243 e. The highest BCUT2D eigenvalue weighted by molar-refractivity contribution is 5.95. The average Bonchev–Trinajstić information content (AvgIpc) is 2.64. The van der Waals surface area contributed by atoms with Gasteiger partial charge in [-0.15, -0.1) is 0 Å². The van der Waals surface area contributed by atoms with Crippen LogP contribution in [0.25, 0.3) is 0 Å². The van der Waals surface area contributed by atoms with Crippen molar-refractivity contribution in [1.82, 2.24) is 4.90 Å². The quantitative estimate of drug-likeness (QED) is 0.814. The van der Waals surface area contributed by atoms with E-state index in [1.165, 1.54) is 4.90 Å². The van der Waals surface area contributed by atoms with E-state index in [1.807, 2.05) is 38.1 Å². The number of nitrogens with zero attached hydrogens (tertiary/aromatic N) is 1. The zero-order valence-electron chi connectivity index (χ0n) is 16.5. The van der Waals surface area contributed by atoms with Crippen LogP contribution in [0.4, 0.5) is 5.69 Å². The second-order valence-corrected chi connectivity index (χ2v) is 6.48. The number of methoxy groups -OCH3 is 2. The molecule has 0 fully saturated rings. The molecule has 6 nitrogen and oxygen atoms in total. The molecular formula is C21H26N2O4. The predicted octanol–water partition coefficient (Wildman–Crippen LogP) is 2.96. The number of nitrogens with one attached hydrogen (secondary N) is 1. The molecule has 0 aliphatic carbocycles. The normalized spacial score (nSPS) is 10.3. The van der Waals surface area contributed by atoms with Crippen molar-refractivity contribution in [2.45, 2.75) is 20.3 Å². The van der Waals surface area contributed by atoms with Gasteiger partial charge in [-0.2, -0.15) is 0 Å². The van der Waals surface area contributed by atoms with Crippen LogP contribution in [-0.4, -0.2) is 44.5 Å². The van der Waals surface area contributed by atoms with Crippen LogP contribution in [0, 0.1) is 13.8 Å². The first-order valence-electron chi connectivity index (χ1n) is 8.66. The highest BCUT2D eigenvalue weighted by atomic mass is 16.5. The van der Waals surface area contributed by atoms with Crippen LogP contribution < -0.4 is 14.8 Å². The van der Waals surface area contributed by atoms with Gasteiger partial charge in [0.2, 0.25) is 11.8 Å². The van der Waals surface area contributed by atoms with Gasteiger partial charge in [0.05, 0.1) is 27.2 Å². The number of ether oxygens (including phenoxy) is 2. The lowest BCUT2D eigenvalue weighted by Gasteiger charge is -2.18. The Balaban J connectivity index is 1.97. The molecule has 144 valence electrons. The van der Waals surface area contributed by atoms with E-state index >= 15 is 0 Å². The van der Waals surface area contributed by atoms with Crippen LogP contribution in [0.2, 0.25) is 0 Å². The molecule has 27 heavy (non-hydrogen) atoms. The summed E-state index contributed by atoms with van der Waals surface area (Å²) < 4.78 is 10.5. The minimum absolute atomic E-state index is 0.0144. The first-order valence-corrected chi connectivity index (χ1v) is 8.66. The van der Waals surface area contributed by atoms with E-state index in [0.29, 0.717) is 11.5 Å². The number of aryl methyl sites for hydroxylation is 2. The smallest absolute Gasteiger partial charge is 0.243 e. The number of carbonyl (C=O) groups excluding carboxylic acids is 2. The third-order valence-corrected chi connectivity index (χ3v) is 4.28. The maximum absolute atomic E-state index is 12.4. The number of carbonyl (C=O) groups is 2. The highest BCUT2D eigenvalue weighted by Gasteiger charge is 2.15. The lowest BCUT2D eigenvalue weighted by molar-refractivity contribution is -0.132. The molecule has 0 saturated carbocycles. The Bertz CT molecular complexity index is 833. The Kier molecular flexibility index (Phi) is 6.82. The molecular weight excluding hydrogens is 344 g/mol. The molecule has 0 spiro atoms. The number of likely N-dealkylation sites (N-methyl/N-ethyl adjacent to an activating group) is 1. The number of anilines is 1. The molecule has 0 aliphatic rings. The first kappa shape index (κ1) is 20.3. The van der Waals surface area contributed by atoms with Crippen molar-refractivity contribution in [2.24, 2.45) is 0 Å². The fourth-order valence-electron chi connectivity index (χ4n) is 2.66. The Morgan fingerprint density at radius 2 is 1.70 bits per heavy atom. The lowest BCUT2D eigenvalue weighted by Crippen LogP contribution is -2.35. The second kappa shape index (κ2) is 9.07. The fourth-order valence-corrected chi connectivity index (χ4v) is 2.66. The summed E-state index contributed by atoms with van der Waals surface area (Å²) in [6.45, 7) is 3.88. The van der Waals surface area contributed by atoms with E-state index in [-0.39, 0.29) is 24.8 Å². The van der Waals surface area contributed by atoms with Crippen molar-refractivity contribution in [3.8, 4) is 11.5 Å². The van der Waals surface area contributed by atoms with E-state index in [2.05, 4.69) is 5.32 Å². The van der Waals surface area contributed by atoms with Crippen LogP contribution in [0.15, 0.2) is 36.4 Å². The second-order valence-electron chi connectivity index (χ2n) is 6.48. The molecule has 0 bridgehead atoms. The minimum Gasteiger partial charge on any atom is -0.493 e. The van der Waals surface area contributed by atoms with Gasteiger partial charge in [-0.05, 0) is 48.7 Å². The molecule has 0 aliphatic heterocycles. The molecule has 1 N–H and O–H groups in total. The largest absolute Gasteiger partial charge is 0.493 e. The molecule has 0 heterocycles. The van der Waals surface area contributed by atoms with Gasteiger partial charge < -0.3 is 19.7 Å². The Hall–Kier alpha value is -3.02. The van der Waals surface area contributed by atoms with Crippen molar-refractivity contribution >= 4 is 17.5 Å². The Morgan fingerprint density at radius 1 is 1.00 bits per heavy atom. The monoisotopic (exact) mass is 370 g/mol. The summed E-state index contributed by atoms with van der Waals surface area (Å²) in [4.78, 5) is 26.1. The van der Waals surface area contributed by atoms with Crippen LogP contribution in [0.1, 0.15) is 16.7 Å². The zero-order valence-corrected chi connectivity index (χ0v) is 16.5. The zero-order chi connectivity index (χ0) is 20.0. The standard InChI is InChI=1S/C21H26N2O4/c1-14-6-7-15(2)17(10-14)22-20(24)13-23(3)21(25)12-16-8-9-18(26-4)19(11-16)27-5/h6-11H,12-13H2,1-5H3,(H,22,24). The molecule has 0 unspecified atom stereocenters. The van der Waals surface area contributed by atoms with Crippen molar-refractivity contribution < 1.29 is 19.1 Å². The van der Waals surface area contributed by atoms with Gasteiger partial charge in [0.1, 0.15) is 0 Å². The lowest BCUT2D eigenvalue weighted by atomic mass is 10.1. The summed E-state index contributed by atoms with van der Waals surface area (Å²) >= 11 is 0. The van der Waals surface area contributed by atoms with Crippen molar-refractivity contribution in [3.63, 3.8) is 0 Å². The maximum atomic E-state index is 12.4. The summed E-state index contributed by atoms with van der Waals surface area (Å²) in [6, 6.07) is 11.2. The SMILES string of the molecule is COc1ccc(CC(=O)N(C)CC(=O)Nc2cc(C)ccc2C)cc1OC. The molecule has 2 amide bonds. The minimum atomic E-state index is -0.230. The van der Waals surface area contributed by atoms with Crippen LogP contribution >= 0.6 is 0 Å². The first-order chi connectivity index (χ1) is 12.8. The number of hydrogen-bond donors (Lipinski definition) is 1. The van der Waals surface area contributed by atoms with Crippen LogP contribution in [0.5, 0.6) is 11.5 Å². The van der Waals surface area contributed by atoms with E-state index < -0.39 is 0 Å². The van der Waals surface area contributed by atoms with Gasteiger partial charge in [-0.25, -0.2) is 0 Å². The molecule has 0 aromatic heterocycles. The van der Waals surface area contributed by atoms with Gasteiger partial charge in [-0.3, -0.25) is 9.59 Å². The van der Waals surface area contributed by atoms with Crippen LogP contribution in [0.3, 0.4) is 0 Å². The molecule has 0 saturated heterocycles. The summed E-state index contributed by atoms with van der Waals surface area (Å²) in [5.74, 6) is 0.790. The third-order valence-electron chi connectivity index (χ3n) is 4.28. The van der Waals surface area contributed by atoms with Crippen molar-refractivity contribution in [1.29, 1.82) is 0 Å². The van der Waals surface area contributed by atoms with Gasteiger partial charge in [-0.1, -0.05) is 18.2 Å². The van der Waals surface area contributed by atoms with E-state index in [0.717, 1.165) is 22.4 Å². The summed E-state index contributed by atoms with van der Waals surface area (Å²) in [7, 11) is 4.73. The van der Waals surface area contributed by atoms with E-state index in [1.54, 1.807) is 33.4 Å². The molecule has 0 atom stereocenters. The summed E-state index contributed by atoms with van der Waals surface area (Å²) in [5.41, 5.74) is 3.60. The molecule has 2 rings (SSSR count). The third kappa shape index (κ3) is 5.48. The molecule has 2 aromatic rings. The molecule has 0 radical (unpaired) electrons. The molecule has 2 aromatic carbocycles. The summed E-state index contributed by atoms with van der Waals surface area (Å²) in [5, 5.41) is 2.86. The summed E-state index contributed by atoms with van der Waals surface area (Å²) in [6.07, 6.45) is 0.174. The fraction of sp³-hybridized carbons (Fsp3) is 0.333. The van der Waals surface area contributed by atoms with Crippen LogP contribution in [-0.2, 0) is 16.0 Å². The van der Waals surface area contributed by atoms with E-state index in [4.69, 9.17) is 9.47 Å². The number of hydrogen-bond acceptors (Lipinski definition) is 4. The van der Waals surface area contributed by atoms with Crippen molar-refractivity contribution in [3.05, 3.63) is 53.1 Å². The number of rotatable bonds is 7. The van der Waals surface area contributed by atoms with Gasteiger partial charge >= 0.3 is 0 Å². The Morgan fingerprint density at radius 3 is 2.37 bits per heavy atom. The Labute approximate surface area is 160 Å². The van der Waals surface area contributed by atoms with Gasteiger partial charge in [0, 0.05) is 12.7 Å². The number of amides is 2.